The lowest BCUT2D eigenvalue weighted by atomic mass is 10.1. The van der Waals surface area contributed by atoms with Gasteiger partial charge in [0.05, 0.1) is 28.5 Å². The number of alkyl halides is 2. The zero-order valence-corrected chi connectivity index (χ0v) is 20.8. The van der Waals surface area contributed by atoms with Crippen LogP contribution in [0.4, 0.5) is 29.2 Å². The molecular weight excluding hydrogens is 496 g/mol. The molecule has 1 saturated carbocycles. The number of halogens is 4. The Balaban J connectivity index is 1.51. The predicted molar refractivity (Wildman–Crippen MR) is 133 cm³/mol. The minimum Gasteiger partial charge on any atom is -0.355 e. The number of fused-ring (bicyclic) bond motifs is 1. The van der Waals surface area contributed by atoms with Gasteiger partial charge in [0.25, 0.3) is 6.43 Å². The molecule has 1 aliphatic heterocycles. The lowest BCUT2D eigenvalue weighted by Gasteiger charge is -2.30. The first-order valence-electron chi connectivity index (χ1n) is 11.7. The maximum Gasteiger partial charge on any atom is 0.316 e. The number of hydrogen-bond acceptors (Lipinski definition) is 5. The molecular formula is C24H27F4N6OS+. The van der Waals surface area contributed by atoms with E-state index in [1.165, 1.54) is 36.1 Å². The summed E-state index contributed by atoms with van der Waals surface area (Å²) in [5.41, 5.74) is -0.776. The van der Waals surface area contributed by atoms with E-state index in [9.17, 15) is 18.0 Å². The number of rotatable bonds is 6. The molecule has 3 heterocycles. The van der Waals surface area contributed by atoms with E-state index in [1.54, 1.807) is 11.9 Å². The summed E-state index contributed by atoms with van der Waals surface area (Å²) in [5.74, 6) is 0.544. The third-order valence-electron chi connectivity index (χ3n) is 6.72. The Labute approximate surface area is 208 Å². The highest BCUT2D eigenvalue weighted by molar-refractivity contribution is 7.87. The van der Waals surface area contributed by atoms with E-state index >= 15 is 4.48 Å². The van der Waals surface area contributed by atoms with E-state index < -0.39 is 28.1 Å². The van der Waals surface area contributed by atoms with Gasteiger partial charge in [-0.1, -0.05) is 33.6 Å². The number of aromatic nitrogens is 3. The summed E-state index contributed by atoms with van der Waals surface area (Å²) < 4.78 is 62.2. The zero-order chi connectivity index (χ0) is 25.6. The van der Waals surface area contributed by atoms with Gasteiger partial charge in [-0.05, 0) is 12.8 Å². The van der Waals surface area contributed by atoms with Crippen molar-refractivity contribution in [3.05, 3.63) is 57.9 Å². The van der Waals surface area contributed by atoms with Crippen LogP contribution < -0.4 is 15.2 Å². The summed E-state index contributed by atoms with van der Waals surface area (Å²) in [6.07, 6.45) is 0.553. The summed E-state index contributed by atoms with van der Waals surface area (Å²) in [6.45, 7) is 0.257. The molecule has 0 N–H and O–H groups in total. The van der Waals surface area contributed by atoms with Crippen LogP contribution in [0.3, 0.4) is 0 Å². The van der Waals surface area contributed by atoms with Gasteiger partial charge < -0.3 is 4.90 Å². The first kappa shape index (κ1) is 24.8. The van der Waals surface area contributed by atoms with Crippen molar-refractivity contribution in [2.75, 3.05) is 36.5 Å². The van der Waals surface area contributed by atoms with E-state index in [2.05, 4.69) is 9.97 Å². The second kappa shape index (κ2) is 9.55. The number of aryl methyl sites for hydroxylation is 1. The standard InChI is InChI=1S/C24H27F4N6OS/c1-32(13-15-4-3-5-17(20(15)25)21(26)27)22-18-12-19(24(35)33(2)23(18)30-14-29-22)34(28)8-10-36(11-9-34)31-16-6-7-16/h3-5,12,14,16,21H,6-11,13H2,1-2H3/q+1. The Morgan fingerprint density at radius 2 is 1.97 bits per heavy atom. The van der Waals surface area contributed by atoms with Gasteiger partial charge in [-0.25, -0.2) is 23.1 Å². The van der Waals surface area contributed by atoms with Crippen LogP contribution in [-0.2, 0) is 24.3 Å². The van der Waals surface area contributed by atoms with E-state index in [1.807, 2.05) is 0 Å². The molecule has 0 radical (unpaired) electrons. The number of anilines is 1. The molecule has 2 aliphatic rings. The van der Waals surface area contributed by atoms with Crippen molar-refractivity contribution in [1.29, 1.82) is 0 Å². The molecule has 36 heavy (non-hydrogen) atoms. The molecule has 7 nitrogen and oxygen atoms in total. The molecule has 2 fully saturated rings. The lowest BCUT2D eigenvalue weighted by molar-refractivity contribution is 0.0438. The molecule has 1 aliphatic carbocycles. The van der Waals surface area contributed by atoms with Crippen LogP contribution in [0, 0.1) is 5.82 Å². The van der Waals surface area contributed by atoms with Gasteiger partial charge in [-0.3, -0.25) is 13.7 Å². The smallest absolute Gasteiger partial charge is 0.316 e. The third-order valence-corrected chi connectivity index (χ3v) is 8.62. The van der Waals surface area contributed by atoms with E-state index in [0.29, 0.717) is 34.4 Å². The quantitative estimate of drug-likeness (QED) is 0.359. The topological polar surface area (TPSA) is 63.4 Å². The molecule has 0 spiro atoms. The molecule has 2 aromatic heterocycles. The zero-order valence-electron chi connectivity index (χ0n) is 20.0. The highest BCUT2D eigenvalue weighted by Gasteiger charge is 2.40. The molecule has 0 bridgehead atoms. The normalized spacial score (nSPS) is 22.2. The molecule has 12 heteroatoms. The number of hydrogen-bond donors (Lipinski definition) is 0. The monoisotopic (exact) mass is 523 g/mol. The summed E-state index contributed by atoms with van der Waals surface area (Å²) >= 11 is 0. The molecule has 0 atom stereocenters. The van der Waals surface area contributed by atoms with Crippen molar-refractivity contribution in [3.8, 4) is 0 Å². The van der Waals surface area contributed by atoms with Crippen LogP contribution >= 0.6 is 0 Å². The average molecular weight is 524 g/mol. The molecule has 5 rings (SSSR count). The summed E-state index contributed by atoms with van der Waals surface area (Å²) in [5, 5.41) is 0.421. The number of pyridine rings is 1. The molecule has 192 valence electrons. The Kier molecular flexibility index (Phi) is 6.58. The highest BCUT2D eigenvalue weighted by Crippen LogP contribution is 2.32. The fourth-order valence-electron chi connectivity index (χ4n) is 4.50. The van der Waals surface area contributed by atoms with Gasteiger partial charge in [0.15, 0.2) is 0 Å². The van der Waals surface area contributed by atoms with Gasteiger partial charge in [-0.15, -0.1) is 0 Å². The fourth-order valence-corrected chi connectivity index (χ4v) is 6.55. The first-order chi connectivity index (χ1) is 17.2. The van der Waals surface area contributed by atoms with Crippen LogP contribution in [-0.4, -0.2) is 52.2 Å². The Morgan fingerprint density at radius 1 is 1.25 bits per heavy atom. The second-order valence-corrected chi connectivity index (χ2v) is 11.3. The van der Waals surface area contributed by atoms with E-state index in [4.69, 9.17) is 4.36 Å². The fraction of sp³-hybridized carbons (Fsp3) is 0.458. The first-order valence-corrected chi connectivity index (χ1v) is 13.3. The van der Waals surface area contributed by atoms with Crippen molar-refractivity contribution in [2.24, 2.45) is 11.4 Å². The number of benzene rings is 1. The number of quaternary nitrogens is 1. The number of nitrogens with zero attached hydrogens (tertiary/aromatic N) is 6. The van der Waals surface area contributed by atoms with Gasteiger partial charge >= 0.3 is 5.56 Å². The highest BCUT2D eigenvalue weighted by atomic mass is 32.2. The Morgan fingerprint density at radius 3 is 2.64 bits per heavy atom. The van der Waals surface area contributed by atoms with Crippen molar-refractivity contribution >= 4 is 33.2 Å². The largest absolute Gasteiger partial charge is 0.355 e. The van der Waals surface area contributed by atoms with Crippen molar-refractivity contribution < 1.29 is 17.7 Å². The molecule has 1 saturated heterocycles. The summed E-state index contributed by atoms with van der Waals surface area (Å²) in [4.78, 5) is 23.3. The van der Waals surface area contributed by atoms with E-state index in [0.717, 1.165) is 18.9 Å². The van der Waals surface area contributed by atoms with Gasteiger partial charge in [0, 0.05) is 36.8 Å². The lowest BCUT2D eigenvalue weighted by Crippen LogP contribution is -2.53. The van der Waals surface area contributed by atoms with Crippen LogP contribution in [0.5, 0.6) is 0 Å². The molecule has 3 aromatic rings. The van der Waals surface area contributed by atoms with Crippen LogP contribution in [0.15, 0.2) is 39.8 Å². The third kappa shape index (κ3) is 4.63. The van der Waals surface area contributed by atoms with Gasteiger partial charge in [0.2, 0.25) is 5.69 Å². The summed E-state index contributed by atoms with van der Waals surface area (Å²) in [7, 11) is 2.98. The molecule has 0 amide bonds. The minimum atomic E-state index is -2.93. The second-order valence-electron chi connectivity index (χ2n) is 9.32. The molecule has 1 aromatic carbocycles. The Hall–Kier alpha value is -2.86. The van der Waals surface area contributed by atoms with Crippen molar-refractivity contribution in [2.45, 2.75) is 31.9 Å². The Bertz CT molecular complexity index is 1400. The maximum atomic E-state index is 16.2. The maximum absolute atomic E-state index is 16.2. The van der Waals surface area contributed by atoms with Gasteiger partial charge in [0.1, 0.15) is 36.7 Å². The SMILES string of the molecule is CN(Cc1cccc(C(F)F)c1F)c1ncnc2c1cc([N+]1(F)CCS(=NC3CC3)CC1)c(=O)n2C. The average Bonchev–Trinajstić information content (AvgIpc) is 3.67. The van der Waals surface area contributed by atoms with Crippen LogP contribution in [0.2, 0.25) is 0 Å². The van der Waals surface area contributed by atoms with E-state index in [-0.39, 0.29) is 41.6 Å². The summed E-state index contributed by atoms with van der Waals surface area (Å²) in [6, 6.07) is 5.77. The van der Waals surface area contributed by atoms with Gasteiger partial charge in [-0.2, -0.15) is 0 Å². The van der Waals surface area contributed by atoms with Crippen molar-refractivity contribution in [3.63, 3.8) is 0 Å². The minimum absolute atomic E-state index is 0.00463. The molecule has 0 unspecified atom stereocenters. The predicted octanol–water partition coefficient (Wildman–Crippen LogP) is 4.21. The van der Waals surface area contributed by atoms with Crippen LogP contribution in [0.1, 0.15) is 30.4 Å². The van der Waals surface area contributed by atoms with Crippen LogP contribution in [0.25, 0.3) is 11.0 Å². The van der Waals surface area contributed by atoms with Crippen molar-refractivity contribution in [1.82, 2.24) is 19.2 Å².